The van der Waals surface area contributed by atoms with Gasteiger partial charge in [-0.1, -0.05) is 48.5 Å². The van der Waals surface area contributed by atoms with Crippen molar-refractivity contribution >= 4 is 16.7 Å². The summed E-state index contributed by atoms with van der Waals surface area (Å²) in [6, 6.07) is 16.2. The average molecular weight is 340 g/mol. The smallest absolute Gasteiger partial charge is 0.235 e. The Kier molecular flexibility index (Phi) is 4.21. The molecule has 0 spiro atoms. The first-order valence-electron chi connectivity index (χ1n) is 8.29. The van der Waals surface area contributed by atoms with Gasteiger partial charge in [0, 0.05) is 37.0 Å². The molecule has 1 unspecified atom stereocenters. The maximum absolute atomic E-state index is 13.1. The lowest BCUT2D eigenvalue weighted by atomic mass is 10.1. The van der Waals surface area contributed by atoms with Gasteiger partial charge in [0.05, 0.1) is 5.25 Å². The minimum atomic E-state index is -1.26. The third kappa shape index (κ3) is 2.68. The molecule has 2 aliphatic rings. The summed E-state index contributed by atoms with van der Waals surface area (Å²) in [5.74, 6) is 0.0876. The van der Waals surface area contributed by atoms with E-state index in [0.717, 1.165) is 35.3 Å². The molecule has 2 aromatic carbocycles. The lowest BCUT2D eigenvalue weighted by molar-refractivity contribution is -0.128. The van der Waals surface area contributed by atoms with Gasteiger partial charge >= 0.3 is 0 Å². The van der Waals surface area contributed by atoms with Crippen LogP contribution in [0.3, 0.4) is 0 Å². The highest BCUT2D eigenvalue weighted by Crippen LogP contribution is 2.46. The first-order chi connectivity index (χ1) is 11.8. The normalized spacial score (nSPS) is 18.1. The van der Waals surface area contributed by atoms with Crippen molar-refractivity contribution < 1.29 is 9.00 Å². The van der Waals surface area contributed by atoms with Crippen molar-refractivity contribution in [2.45, 2.75) is 5.25 Å². The van der Waals surface area contributed by atoms with Crippen LogP contribution in [0.1, 0.15) is 16.4 Å². The summed E-state index contributed by atoms with van der Waals surface area (Å²) in [5, 5.41) is 3.03. The number of carbonyl (C=O) groups excluding carboxylic acids is 1. The Labute approximate surface area is 144 Å². The summed E-state index contributed by atoms with van der Waals surface area (Å²) >= 11 is 0. The molecule has 1 heterocycles. The van der Waals surface area contributed by atoms with Gasteiger partial charge in [0.25, 0.3) is 0 Å². The highest BCUT2D eigenvalue weighted by atomic mass is 32.2. The van der Waals surface area contributed by atoms with Gasteiger partial charge in [0.2, 0.25) is 5.91 Å². The van der Waals surface area contributed by atoms with Gasteiger partial charge in [-0.3, -0.25) is 9.00 Å². The highest BCUT2D eigenvalue weighted by Gasteiger charge is 2.33. The predicted octanol–water partition coefficient (Wildman–Crippen LogP) is 1.94. The van der Waals surface area contributed by atoms with E-state index in [1.165, 1.54) is 0 Å². The lowest BCUT2D eigenvalue weighted by Crippen LogP contribution is -2.47. The van der Waals surface area contributed by atoms with Crippen molar-refractivity contribution in [2.24, 2.45) is 0 Å². The number of nitrogens with one attached hydrogen (secondary N) is 1. The number of hydrogen-bond acceptors (Lipinski definition) is 3. The maximum atomic E-state index is 13.1. The van der Waals surface area contributed by atoms with E-state index in [9.17, 15) is 9.00 Å². The van der Waals surface area contributed by atoms with Crippen LogP contribution < -0.4 is 5.32 Å². The monoisotopic (exact) mass is 340 g/mol. The average Bonchev–Trinajstić information content (AvgIpc) is 2.97. The molecule has 124 valence electrons. The number of nitrogens with zero attached hydrogens (tertiary/aromatic N) is 1. The first-order valence-corrected chi connectivity index (χ1v) is 9.68. The Morgan fingerprint density at radius 3 is 2.12 bits per heavy atom. The summed E-state index contributed by atoms with van der Waals surface area (Å²) in [7, 11) is -1.26. The van der Waals surface area contributed by atoms with Crippen molar-refractivity contribution in [3.8, 4) is 11.1 Å². The van der Waals surface area contributed by atoms with E-state index in [-0.39, 0.29) is 16.9 Å². The fraction of sp³-hybridized carbons (Fsp3) is 0.316. The molecule has 1 fully saturated rings. The Balaban J connectivity index is 1.61. The fourth-order valence-corrected chi connectivity index (χ4v) is 5.17. The van der Waals surface area contributed by atoms with Crippen LogP contribution in [-0.2, 0) is 15.6 Å². The molecule has 1 aliphatic carbocycles. The Morgan fingerprint density at radius 2 is 1.54 bits per heavy atom. The molecular weight excluding hydrogens is 320 g/mol. The van der Waals surface area contributed by atoms with Gasteiger partial charge in [-0.25, -0.2) is 0 Å². The van der Waals surface area contributed by atoms with Crippen LogP contribution in [0.25, 0.3) is 11.1 Å². The van der Waals surface area contributed by atoms with Crippen LogP contribution in [0, 0.1) is 0 Å². The number of fused-ring (bicyclic) bond motifs is 3. The molecule has 1 saturated heterocycles. The molecule has 2 aromatic rings. The van der Waals surface area contributed by atoms with Gasteiger partial charge < -0.3 is 10.2 Å². The van der Waals surface area contributed by atoms with Crippen LogP contribution >= 0.6 is 0 Å². The second kappa shape index (κ2) is 6.49. The first kappa shape index (κ1) is 15.5. The standard InChI is InChI=1S/C19H20N2O2S/c22-18(21-11-9-20-10-12-21)13-24(23)19-16-7-3-1-5-14(16)15-6-2-4-8-17(15)19/h1-8,19-20H,9-13H2. The van der Waals surface area contributed by atoms with E-state index in [0.29, 0.717) is 13.1 Å². The number of carbonyl (C=O) groups is 1. The number of rotatable bonds is 3. The van der Waals surface area contributed by atoms with Crippen LogP contribution in [0.15, 0.2) is 48.5 Å². The minimum Gasteiger partial charge on any atom is -0.339 e. The van der Waals surface area contributed by atoms with E-state index >= 15 is 0 Å². The molecule has 5 heteroatoms. The molecule has 0 bridgehead atoms. The minimum absolute atomic E-state index is 0.00306. The van der Waals surface area contributed by atoms with E-state index in [2.05, 4.69) is 17.4 Å². The fourth-order valence-electron chi connectivity index (χ4n) is 3.60. The number of amides is 1. The summed E-state index contributed by atoms with van der Waals surface area (Å²) in [4.78, 5) is 14.3. The summed E-state index contributed by atoms with van der Waals surface area (Å²) in [5.41, 5.74) is 4.43. The Hall–Kier alpha value is -1.98. The quantitative estimate of drug-likeness (QED) is 0.929. The molecular formula is C19H20N2O2S. The zero-order valence-corrected chi connectivity index (χ0v) is 14.2. The number of hydrogen-bond donors (Lipinski definition) is 1. The van der Waals surface area contributed by atoms with Crippen molar-refractivity contribution in [3.05, 3.63) is 59.7 Å². The van der Waals surface area contributed by atoms with Crippen LogP contribution in [0.4, 0.5) is 0 Å². The zero-order chi connectivity index (χ0) is 16.5. The van der Waals surface area contributed by atoms with Gasteiger partial charge in [0.1, 0.15) is 5.75 Å². The van der Waals surface area contributed by atoms with E-state index in [4.69, 9.17) is 0 Å². The van der Waals surface area contributed by atoms with Gasteiger partial charge in [-0.15, -0.1) is 0 Å². The van der Waals surface area contributed by atoms with Gasteiger partial charge in [-0.05, 0) is 22.3 Å². The van der Waals surface area contributed by atoms with Crippen LogP contribution in [-0.4, -0.2) is 46.9 Å². The highest BCUT2D eigenvalue weighted by molar-refractivity contribution is 7.86. The molecule has 0 saturated carbocycles. The van der Waals surface area contributed by atoms with E-state index in [1.54, 1.807) is 0 Å². The Bertz CT molecular complexity index is 754. The summed E-state index contributed by atoms with van der Waals surface area (Å²) < 4.78 is 13.1. The molecule has 1 aliphatic heterocycles. The molecule has 4 rings (SSSR count). The zero-order valence-electron chi connectivity index (χ0n) is 13.4. The molecule has 4 nitrogen and oxygen atoms in total. The van der Waals surface area contributed by atoms with Crippen molar-refractivity contribution in [2.75, 3.05) is 31.9 Å². The molecule has 1 N–H and O–H groups in total. The van der Waals surface area contributed by atoms with Crippen LogP contribution in [0.5, 0.6) is 0 Å². The number of benzene rings is 2. The van der Waals surface area contributed by atoms with Crippen molar-refractivity contribution in [3.63, 3.8) is 0 Å². The molecule has 1 amide bonds. The molecule has 1 atom stereocenters. The lowest BCUT2D eigenvalue weighted by Gasteiger charge is -2.27. The number of piperazine rings is 1. The SMILES string of the molecule is O=C(CS(=O)C1c2ccccc2-c2ccccc21)N1CCNCC1. The van der Waals surface area contributed by atoms with Gasteiger partial charge in [-0.2, -0.15) is 0 Å². The van der Waals surface area contributed by atoms with Crippen molar-refractivity contribution in [1.82, 2.24) is 10.2 Å². The second-order valence-electron chi connectivity index (χ2n) is 6.21. The summed E-state index contributed by atoms with van der Waals surface area (Å²) in [6.07, 6.45) is 0. The third-order valence-electron chi connectivity index (χ3n) is 4.78. The van der Waals surface area contributed by atoms with Gasteiger partial charge in [0.15, 0.2) is 0 Å². The molecule has 24 heavy (non-hydrogen) atoms. The van der Waals surface area contributed by atoms with Crippen molar-refractivity contribution in [1.29, 1.82) is 0 Å². The molecule has 0 radical (unpaired) electrons. The maximum Gasteiger partial charge on any atom is 0.235 e. The Morgan fingerprint density at radius 1 is 1.00 bits per heavy atom. The van der Waals surface area contributed by atoms with E-state index in [1.807, 2.05) is 41.3 Å². The topological polar surface area (TPSA) is 49.4 Å². The molecule has 0 aromatic heterocycles. The predicted molar refractivity (Wildman–Crippen MR) is 96.2 cm³/mol. The summed E-state index contributed by atoms with van der Waals surface area (Å²) in [6.45, 7) is 3.03. The second-order valence-corrected chi connectivity index (χ2v) is 7.73. The van der Waals surface area contributed by atoms with Crippen LogP contribution in [0.2, 0.25) is 0 Å². The van der Waals surface area contributed by atoms with E-state index < -0.39 is 10.8 Å². The largest absolute Gasteiger partial charge is 0.339 e. The third-order valence-corrected chi connectivity index (χ3v) is 6.34.